The lowest BCUT2D eigenvalue weighted by atomic mass is 9.97. The molecule has 0 fully saturated rings. The first kappa shape index (κ1) is 27.0. The molecule has 1 heterocycles. The number of unbranched alkanes of at least 4 members (excludes halogenated alkanes) is 1. The van der Waals surface area contributed by atoms with E-state index >= 15 is 0 Å². The summed E-state index contributed by atoms with van der Waals surface area (Å²) in [5, 5.41) is 14.2. The average molecular weight is 536 g/mol. The molecule has 4 aromatic carbocycles. The Morgan fingerprint density at radius 1 is 0.850 bits per heavy atom. The standard InChI is InChI=1S/C34H33NO5/c1-2-3-21-39-34(38)35-27(22-32(36)37)20-13-23-11-14-24(15-12-23)25-16-18-26(19-17-25)28-8-6-9-30-29-7-4-5-10-31(29)40-33(28)30/h4-12,14-19,27H,2-3,13,20-22H2,1H3,(H,35,38)(H,36,37). The molecule has 0 saturated heterocycles. The van der Waals surface area contributed by atoms with E-state index in [0.717, 1.165) is 62.6 Å². The SMILES string of the molecule is CCCCOC(=O)NC(CCc1ccc(-c2ccc(-c3cccc4c3oc3ccccc34)cc2)cc1)CC(=O)O. The fraction of sp³-hybridized carbons (Fsp3) is 0.235. The quantitative estimate of drug-likeness (QED) is 0.166. The number of hydrogen-bond donors (Lipinski definition) is 2. The number of hydrogen-bond acceptors (Lipinski definition) is 4. The third kappa shape index (κ3) is 6.34. The molecular weight excluding hydrogens is 502 g/mol. The van der Waals surface area contributed by atoms with Gasteiger partial charge in [0.05, 0.1) is 13.0 Å². The highest BCUT2D eigenvalue weighted by molar-refractivity contribution is 6.09. The molecule has 0 aliphatic heterocycles. The van der Waals surface area contributed by atoms with Gasteiger partial charge in [0.25, 0.3) is 0 Å². The fourth-order valence-electron chi connectivity index (χ4n) is 4.98. The van der Waals surface area contributed by atoms with Crippen molar-refractivity contribution in [2.24, 2.45) is 0 Å². The Balaban J connectivity index is 1.25. The van der Waals surface area contributed by atoms with Crippen LogP contribution < -0.4 is 5.32 Å². The van der Waals surface area contributed by atoms with Crippen LogP contribution in [0.3, 0.4) is 0 Å². The zero-order chi connectivity index (χ0) is 27.9. The van der Waals surface area contributed by atoms with Gasteiger partial charge in [-0.3, -0.25) is 4.79 Å². The molecule has 0 bridgehead atoms. The van der Waals surface area contributed by atoms with Gasteiger partial charge in [0, 0.05) is 22.4 Å². The Labute approximate surface area is 233 Å². The zero-order valence-corrected chi connectivity index (χ0v) is 22.6. The summed E-state index contributed by atoms with van der Waals surface area (Å²) in [6.07, 6.45) is 2.16. The maximum atomic E-state index is 12.0. The van der Waals surface area contributed by atoms with E-state index in [1.807, 2.05) is 25.1 Å². The van der Waals surface area contributed by atoms with E-state index in [-0.39, 0.29) is 6.42 Å². The highest BCUT2D eigenvalue weighted by Gasteiger charge is 2.17. The monoisotopic (exact) mass is 535 g/mol. The van der Waals surface area contributed by atoms with Gasteiger partial charge in [-0.05, 0) is 47.6 Å². The lowest BCUT2D eigenvalue weighted by Crippen LogP contribution is -2.37. The molecular formula is C34H33NO5. The van der Waals surface area contributed by atoms with Gasteiger partial charge < -0.3 is 19.6 Å². The summed E-state index contributed by atoms with van der Waals surface area (Å²) in [7, 11) is 0. The number of benzene rings is 4. The van der Waals surface area contributed by atoms with Crippen molar-refractivity contribution >= 4 is 34.0 Å². The molecule has 0 aliphatic carbocycles. The van der Waals surface area contributed by atoms with Gasteiger partial charge in [0.1, 0.15) is 11.2 Å². The summed E-state index contributed by atoms with van der Waals surface area (Å²) >= 11 is 0. The van der Waals surface area contributed by atoms with Crippen molar-refractivity contribution in [1.29, 1.82) is 0 Å². The summed E-state index contributed by atoms with van der Waals surface area (Å²) in [5.74, 6) is -0.950. The fourth-order valence-corrected chi connectivity index (χ4v) is 4.98. The lowest BCUT2D eigenvalue weighted by Gasteiger charge is -2.17. The minimum absolute atomic E-state index is 0.144. The minimum atomic E-state index is -0.950. The molecule has 0 saturated carbocycles. The van der Waals surface area contributed by atoms with Gasteiger partial charge in [-0.1, -0.05) is 98.3 Å². The molecule has 5 aromatic rings. The van der Waals surface area contributed by atoms with Gasteiger partial charge >= 0.3 is 12.1 Å². The Hall–Kier alpha value is -4.58. The topological polar surface area (TPSA) is 88.8 Å². The molecule has 2 N–H and O–H groups in total. The number of alkyl carbamates (subject to hydrolysis) is 1. The molecule has 0 spiro atoms. The molecule has 40 heavy (non-hydrogen) atoms. The Morgan fingerprint density at radius 3 is 2.25 bits per heavy atom. The molecule has 1 atom stereocenters. The Bertz CT molecular complexity index is 1600. The Morgan fingerprint density at radius 2 is 1.52 bits per heavy atom. The Kier molecular flexibility index (Phi) is 8.45. The number of aliphatic carboxylic acids is 1. The van der Waals surface area contributed by atoms with Crippen LogP contribution in [0.2, 0.25) is 0 Å². The van der Waals surface area contributed by atoms with Crippen LogP contribution >= 0.6 is 0 Å². The number of aryl methyl sites for hydroxylation is 1. The van der Waals surface area contributed by atoms with Crippen molar-refractivity contribution in [2.75, 3.05) is 6.61 Å². The smallest absolute Gasteiger partial charge is 0.407 e. The molecule has 204 valence electrons. The van der Waals surface area contributed by atoms with Crippen molar-refractivity contribution in [3.63, 3.8) is 0 Å². The van der Waals surface area contributed by atoms with Crippen LogP contribution in [0.1, 0.15) is 38.2 Å². The van der Waals surface area contributed by atoms with E-state index in [2.05, 4.69) is 78.1 Å². The maximum absolute atomic E-state index is 12.0. The molecule has 1 amide bonds. The number of carbonyl (C=O) groups is 2. The predicted molar refractivity (Wildman–Crippen MR) is 158 cm³/mol. The summed E-state index contributed by atoms with van der Waals surface area (Å²) in [5.41, 5.74) is 7.21. The van der Waals surface area contributed by atoms with E-state index in [9.17, 15) is 14.7 Å². The number of carboxylic acids is 1. The number of fused-ring (bicyclic) bond motifs is 3. The van der Waals surface area contributed by atoms with Crippen LogP contribution in [0.25, 0.3) is 44.2 Å². The van der Waals surface area contributed by atoms with E-state index in [1.54, 1.807) is 0 Å². The first-order valence-electron chi connectivity index (χ1n) is 13.8. The van der Waals surface area contributed by atoms with Crippen LogP contribution in [-0.4, -0.2) is 29.8 Å². The summed E-state index contributed by atoms with van der Waals surface area (Å²) in [6, 6.07) is 30.6. The van der Waals surface area contributed by atoms with E-state index in [0.29, 0.717) is 19.4 Å². The molecule has 0 aliphatic rings. The number of carbonyl (C=O) groups excluding carboxylic acids is 1. The van der Waals surface area contributed by atoms with Gasteiger partial charge in [0.2, 0.25) is 0 Å². The summed E-state index contributed by atoms with van der Waals surface area (Å²) in [4.78, 5) is 23.3. The van der Waals surface area contributed by atoms with Gasteiger partial charge in [0.15, 0.2) is 0 Å². The second-order valence-electron chi connectivity index (χ2n) is 10.0. The number of carboxylic acid groups (broad SMARTS) is 1. The van der Waals surface area contributed by atoms with Crippen molar-refractivity contribution in [3.8, 4) is 22.3 Å². The summed E-state index contributed by atoms with van der Waals surface area (Å²) < 4.78 is 11.3. The summed E-state index contributed by atoms with van der Waals surface area (Å²) in [6.45, 7) is 2.35. The highest BCUT2D eigenvalue weighted by atomic mass is 16.5. The molecule has 1 unspecified atom stereocenters. The number of amides is 1. The number of nitrogens with one attached hydrogen (secondary N) is 1. The predicted octanol–water partition coefficient (Wildman–Crippen LogP) is 8.22. The zero-order valence-electron chi connectivity index (χ0n) is 22.6. The number of furan rings is 1. The molecule has 6 heteroatoms. The average Bonchev–Trinajstić information content (AvgIpc) is 3.35. The van der Waals surface area contributed by atoms with Crippen LogP contribution in [0.4, 0.5) is 4.79 Å². The number of rotatable bonds is 11. The number of para-hydroxylation sites is 2. The van der Waals surface area contributed by atoms with Crippen LogP contribution in [0.15, 0.2) is 95.4 Å². The first-order valence-corrected chi connectivity index (χ1v) is 13.8. The molecule has 5 rings (SSSR count). The van der Waals surface area contributed by atoms with Crippen molar-refractivity contribution in [1.82, 2.24) is 5.32 Å². The van der Waals surface area contributed by atoms with Gasteiger partial charge in [-0.25, -0.2) is 4.79 Å². The largest absolute Gasteiger partial charge is 0.481 e. The molecule has 1 aromatic heterocycles. The minimum Gasteiger partial charge on any atom is -0.481 e. The second-order valence-corrected chi connectivity index (χ2v) is 10.0. The normalized spacial score (nSPS) is 11.9. The van der Waals surface area contributed by atoms with E-state index < -0.39 is 18.1 Å². The van der Waals surface area contributed by atoms with Crippen molar-refractivity contribution in [2.45, 2.75) is 45.1 Å². The van der Waals surface area contributed by atoms with E-state index in [1.165, 1.54) is 0 Å². The second kappa shape index (κ2) is 12.5. The highest BCUT2D eigenvalue weighted by Crippen LogP contribution is 2.36. The van der Waals surface area contributed by atoms with Crippen molar-refractivity contribution < 1.29 is 23.8 Å². The van der Waals surface area contributed by atoms with Crippen molar-refractivity contribution in [3.05, 3.63) is 96.6 Å². The van der Waals surface area contributed by atoms with Crippen LogP contribution in [0.5, 0.6) is 0 Å². The van der Waals surface area contributed by atoms with E-state index in [4.69, 9.17) is 9.15 Å². The third-order valence-electron chi connectivity index (χ3n) is 7.14. The van der Waals surface area contributed by atoms with Crippen LogP contribution in [-0.2, 0) is 16.0 Å². The van der Waals surface area contributed by atoms with Gasteiger partial charge in [-0.2, -0.15) is 0 Å². The molecule has 6 nitrogen and oxygen atoms in total. The first-order chi connectivity index (χ1) is 19.5. The molecule has 0 radical (unpaired) electrons. The third-order valence-corrected chi connectivity index (χ3v) is 7.14. The van der Waals surface area contributed by atoms with Crippen LogP contribution in [0, 0.1) is 0 Å². The maximum Gasteiger partial charge on any atom is 0.407 e. The number of ether oxygens (including phenoxy) is 1. The lowest BCUT2D eigenvalue weighted by molar-refractivity contribution is -0.137. The van der Waals surface area contributed by atoms with Gasteiger partial charge in [-0.15, -0.1) is 0 Å².